The zero-order chi connectivity index (χ0) is 12.3. The summed E-state index contributed by atoms with van der Waals surface area (Å²) in [5, 5.41) is 0. The van der Waals surface area contributed by atoms with Crippen LogP contribution in [0.5, 0.6) is 0 Å². The molecule has 0 aliphatic carbocycles. The third-order valence-electron chi connectivity index (χ3n) is 3.04. The molecule has 0 aromatic carbocycles. The van der Waals surface area contributed by atoms with Crippen molar-refractivity contribution in [2.45, 2.75) is 38.5 Å². The van der Waals surface area contributed by atoms with E-state index in [1.54, 1.807) is 0 Å². The van der Waals surface area contributed by atoms with Gasteiger partial charge in [-0.1, -0.05) is 13.3 Å². The number of ether oxygens (including phenoxy) is 1. The fraction of sp³-hybridized carbons (Fsp3) is 0.667. The SMILES string of the molecule is CCCc1nc(C2CCOCC2)nc(N)c1I. The molecule has 17 heavy (non-hydrogen) atoms. The van der Waals surface area contributed by atoms with Gasteiger partial charge in [0.15, 0.2) is 0 Å². The number of aromatic nitrogens is 2. The first-order chi connectivity index (χ1) is 8.22. The molecule has 2 N–H and O–H groups in total. The van der Waals surface area contributed by atoms with Gasteiger partial charge in [0.2, 0.25) is 0 Å². The first-order valence-electron chi connectivity index (χ1n) is 6.12. The van der Waals surface area contributed by atoms with Gasteiger partial charge in [0.1, 0.15) is 11.6 Å². The summed E-state index contributed by atoms with van der Waals surface area (Å²) in [5.74, 6) is 1.96. The van der Waals surface area contributed by atoms with Crippen molar-refractivity contribution in [1.29, 1.82) is 0 Å². The van der Waals surface area contributed by atoms with Crippen molar-refractivity contribution in [1.82, 2.24) is 9.97 Å². The minimum atomic E-state index is 0.415. The van der Waals surface area contributed by atoms with E-state index in [0.717, 1.165) is 54.0 Å². The average molecular weight is 347 g/mol. The Labute approximate surface area is 115 Å². The van der Waals surface area contributed by atoms with Crippen molar-refractivity contribution in [3.63, 3.8) is 0 Å². The molecule has 0 bridgehead atoms. The Morgan fingerprint density at radius 3 is 2.71 bits per heavy atom. The van der Waals surface area contributed by atoms with Gasteiger partial charge in [-0.05, 0) is 41.9 Å². The van der Waals surface area contributed by atoms with Crippen LogP contribution in [0.25, 0.3) is 0 Å². The van der Waals surface area contributed by atoms with Crippen molar-refractivity contribution >= 4 is 28.4 Å². The van der Waals surface area contributed by atoms with E-state index in [0.29, 0.717) is 11.7 Å². The van der Waals surface area contributed by atoms with Crippen molar-refractivity contribution < 1.29 is 4.74 Å². The molecule has 5 heteroatoms. The van der Waals surface area contributed by atoms with Crippen LogP contribution in [0.3, 0.4) is 0 Å². The van der Waals surface area contributed by atoms with Gasteiger partial charge in [0.25, 0.3) is 0 Å². The molecule has 0 atom stereocenters. The first kappa shape index (κ1) is 13.0. The minimum absolute atomic E-state index is 0.415. The number of nitrogen functional groups attached to an aromatic ring is 1. The predicted molar refractivity (Wildman–Crippen MR) is 76.0 cm³/mol. The van der Waals surface area contributed by atoms with Crippen LogP contribution >= 0.6 is 22.6 Å². The molecule has 0 saturated carbocycles. The van der Waals surface area contributed by atoms with Gasteiger partial charge in [-0.15, -0.1) is 0 Å². The van der Waals surface area contributed by atoms with Crippen molar-refractivity contribution in [2.75, 3.05) is 18.9 Å². The molecular weight excluding hydrogens is 329 g/mol. The number of hydrogen-bond donors (Lipinski definition) is 1. The molecular formula is C12H18IN3O. The lowest BCUT2D eigenvalue weighted by Gasteiger charge is -2.21. The standard InChI is InChI=1S/C12H18IN3O/c1-2-3-9-10(13)11(14)16-12(15-9)8-4-6-17-7-5-8/h8H,2-7H2,1H3,(H2,14,15,16). The highest BCUT2D eigenvalue weighted by atomic mass is 127. The molecule has 1 aromatic heterocycles. The lowest BCUT2D eigenvalue weighted by Crippen LogP contribution is -2.18. The maximum Gasteiger partial charge on any atom is 0.140 e. The van der Waals surface area contributed by atoms with E-state index in [1.807, 2.05) is 0 Å². The van der Waals surface area contributed by atoms with Gasteiger partial charge in [-0.25, -0.2) is 9.97 Å². The fourth-order valence-electron chi connectivity index (χ4n) is 2.07. The Hall–Kier alpha value is -0.430. The molecule has 0 radical (unpaired) electrons. The van der Waals surface area contributed by atoms with E-state index in [-0.39, 0.29) is 0 Å². The van der Waals surface area contributed by atoms with Gasteiger partial charge in [0.05, 0.1) is 9.26 Å². The minimum Gasteiger partial charge on any atom is -0.383 e. The second-order valence-corrected chi connectivity index (χ2v) is 5.44. The van der Waals surface area contributed by atoms with Crippen molar-refractivity contribution in [2.24, 2.45) is 0 Å². The summed E-state index contributed by atoms with van der Waals surface area (Å²) >= 11 is 2.24. The van der Waals surface area contributed by atoms with E-state index in [1.165, 1.54) is 0 Å². The molecule has 1 aliphatic heterocycles. The van der Waals surface area contributed by atoms with Crippen LogP contribution in [0.1, 0.15) is 43.6 Å². The predicted octanol–water partition coefficient (Wildman–Crippen LogP) is 2.51. The molecule has 1 saturated heterocycles. The maximum atomic E-state index is 5.97. The maximum absolute atomic E-state index is 5.97. The highest BCUT2D eigenvalue weighted by Gasteiger charge is 2.20. The summed E-state index contributed by atoms with van der Waals surface area (Å²) in [6, 6.07) is 0. The van der Waals surface area contributed by atoms with Crippen LogP contribution in [-0.4, -0.2) is 23.2 Å². The number of anilines is 1. The zero-order valence-corrected chi connectivity index (χ0v) is 12.2. The highest BCUT2D eigenvalue weighted by molar-refractivity contribution is 14.1. The second-order valence-electron chi connectivity index (χ2n) is 4.36. The van der Waals surface area contributed by atoms with Gasteiger partial charge in [-0.3, -0.25) is 0 Å². The highest BCUT2D eigenvalue weighted by Crippen LogP contribution is 2.27. The summed E-state index contributed by atoms with van der Waals surface area (Å²) in [6.07, 6.45) is 4.07. The third-order valence-corrected chi connectivity index (χ3v) is 4.21. The molecule has 2 rings (SSSR count). The number of halogens is 1. The molecule has 0 amide bonds. The summed E-state index contributed by atoms with van der Waals surface area (Å²) in [4.78, 5) is 9.14. The quantitative estimate of drug-likeness (QED) is 0.854. The largest absolute Gasteiger partial charge is 0.383 e. The normalized spacial score (nSPS) is 17.3. The number of rotatable bonds is 3. The van der Waals surface area contributed by atoms with Gasteiger partial charge in [-0.2, -0.15) is 0 Å². The first-order valence-corrected chi connectivity index (χ1v) is 7.19. The molecule has 4 nitrogen and oxygen atoms in total. The lowest BCUT2D eigenvalue weighted by atomic mass is 9.99. The lowest BCUT2D eigenvalue weighted by molar-refractivity contribution is 0.0835. The molecule has 1 aromatic rings. The Bertz CT molecular complexity index is 392. The summed E-state index contributed by atoms with van der Waals surface area (Å²) in [5.41, 5.74) is 7.07. The zero-order valence-electron chi connectivity index (χ0n) is 10.1. The van der Waals surface area contributed by atoms with Crippen LogP contribution in [0, 0.1) is 3.57 Å². The topological polar surface area (TPSA) is 61.0 Å². The number of aryl methyl sites for hydroxylation is 1. The third kappa shape index (κ3) is 3.07. The number of nitrogens with two attached hydrogens (primary N) is 1. The Morgan fingerprint density at radius 1 is 1.35 bits per heavy atom. The average Bonchev–Trinajstić information content (AvgIpc) is 2.36. The summed E-state index contributed by atoms with van der Waals surface area (Å²) in [7, 11) is 0. The van der Waals surface area contributed by atoms with E-state index in [4.69, 9.17) is 15.5 Å². The number of nitrogens with zero attached hydrogens (tertiary/aromatic N) is 2. The summed E-state index contributed by atoms with van der Waals surface area (Å²) < 4.78 is 6.38. The molecule has 1 fully saturated rings. The smallest absolute Gasteiger partial charge is 0.140 e. The van der Waals surface area contributed by atoms with Gasteiger partial charge >= 0.3 is 0 Å². The molecule has 0 spiro atoms. The molecule has 2 heterocycles. The van der Waals surface area contributed by atoms with Crippen LogP contribution < -0.4 is 5.73 Å². The Kier molecular flexibility index (Phi) is 4.55. The monoisotopic (exact) mass is 347 g/mol. The van der Waals surface area contributed by atoms with Gasteiger partial charge < -0.3 is 10.5 Å². The molecule has 0 unspecified atom stereocenters. The Balaban J connectivity index is 2.27. The second kappa shape index (κ2) is 5.95. The van der Waals surface area contributed by atoms with Gasteiger partial charge in [0, 0.05) is 19.1 Å². The van der Waals surface area contributed by atoms with Crippen LogP contribution in [0.4, 0.5) is 5.82 Å². The van der Waals surface area contributed by atoms with Crippen molar-refractivity contribution in [3.8, 4) is 0 Å². The van der Waals surface area contributed by atoms with E-state index in [2.05, 4.69) is 34.5 Å². The van der Waals surface area contributed by atoms with E-state index < -0.39 is 0 Å². The van der Waals surface area contributed by atoms with Crippen molar-refractivity contribution in [3.05, 3.63) is 15.1 Å². The fourth-order valence-corrected chi connectivity index (χ4v) is 2.58. The summed E-state index contributed by atoms with van der Waals surface area (Å²) in [6.45, 7) is 3.77. The molecule has 1 aliphatic rings. The van der Waals surface area contributed by atoms with E-state index in [9.17, 15) is 0 Å². The Morgan fingerprint density at radius 2 is 2.06 bits per heavy atom. The van der Waals surface area contributed by atoms with Crippen LogP contribution in [0.2, 0.25) is 0 Å². The number of hydrogen-bond acceptors (Lipinski definition) is 4. The van der Waals surface area contributed by atoms with Crippen LogP contribution in [-0.2, 0) is 11.2 Å². The van der Waals surface area contributed by atoms with E-state index >= 15 is 0 Å². The van der Waals surface area contributed by atoms with Crippen LogP contribution in [0.15, 0.2) is 0 Å². The molecule has 94 valence electrons.